The number of ether oxygens (including phenoxy) is 2. The summed E-state index contributed by atoms with van der Waals surface area (Å²) in [5.74, 6) is 0. The standard InChI is InChI=1S/C23H43NO2/c1-2-3-4-5-6-7-8-9-10-11-12-13-14-15-16-17-18-23-25-21-22(26-23)19-20-24/h15-18,22-23H,2-14,19-21,24H2,1H3. The SMILES string of the molecule is CCCCCCCCCCCCCCC=CC=CC1OCC(CCN)O1. The van der Waals surface area contributed by atoms with E-state index in [1.807, 2.05) is 12.2 Å². The van der Waals surface area contributed by atoms with Gasteiger partial charge in [-0.2, -0.15) is 0 Å². The van der Waals surface area contributed by atoms with Gasteiger partial charge in [0.15, 0.2) is 6.29 Å². The lowest BCUT2D eigenvalue weighted by Gasteiger charge is -2.05. The minimum absolute atomic E-state index is 0.166. The second-order valence-corrected chi connectivity index (χ2v) is 7.53. The lowest BCUT2D eigenvalue weighted by atomic mass is 10.0. The molecule has 1 fully saturated rings. The van der Waals surface area contributed by atoms with Crippen LogP contribution in [-0.2, 0) is 9.47 Å². The Labute approximate surface area is 162 Å². The molecule has 2 atom stereocenters. The van der Waals surface area contributed by atoms with Crippen LogP contribution in [0.25, 0.3) is 0 Å². The molecule has 0 amide bonds. The van der Waals surface area contributed by atoms with E-state index < -0.39 is 0 Å². The van der Waals surface area contributed by atoms with E-state index in [2.05, 4.69) is 19.1 Å². The van der Waals surface area contributed by atoms with Gasteiger partial charge in [0.1, 0.15) is 0 Å². The zero-order chi connectivity index (χ0) is 18.7. The Hall–Kier alpha value is -0.640. The molecule has 0 bridgehead atoms. The molecule has 3 heteroatoms. The fourth-order valence-corrected chi connectivity index (χ4v) is 3.34. The van der Waals surface area contributed by atoms with Gasteiger partial charge < -0.3 is 15.2 Å². The number of nitrogens with two attached hydrogens (primary N) is 1. The Kier molecular flexibility index (Phi) is 16.0. The molecule has 0 radical (unpaired) electrons. The molecule has 2 unspecified atom stereocenters. The predicted molar refractivity (Wildman–Crippen MR) is 112 cm³/mol. The van der Waals surface area contributed by atoms with E-state index in [9.17, 15) is 0 Å². The quantitative estimate of drug-likeness (QED) is 0.244. The monoisotopic (exact) mass is 365 g/mol. The molecule has 2 N–H and O–H groups in total. The zero-order valence-corrected chi connectivity index (χ0v) is 17.2. The van der Waals surface area contributed by atoms with Crippen molar-refractivity contribution in [2.45, 2.75) is 109 Å². The molecular weight excluding hydrogens is 322 g/mol. The first-order chi connectivity index (χ1) is 12.9. The third-order valence-corrected chi connectivity index (χ3v) is 5.00. The van der Waals surface area contributed by atoms with E-state index in [0.717, 1.165) is 6.42 Å². The van der Waals surface area contributed by atoms with Crippen molar-refractivity contribution in [1.29, 1.82) is 0 Å². The smallest absolute Gasteiger partial charge is 0.177 e. The van der Waals surface area contributed by atoms with Crippen molar-refractivity contribution in [3.63, 3.8) is 0 Å². The summed E-state index contributed by atoms with van der Waals surface area (Å²) in [5.41, 5.74) is 5.53. The molecule has 0 aromatic heterocycles. The first-order valence-corrected chi connectivity index (χ1v) is 11.2. The summed E-state index contributed by atoms with van der Waals surface area (Å²) in [6.45, 7) is 3.60. The van der Waals surface area contributed by atoms with E-state index in [0.29, 0.717) is 13.2 Å². The molecule has 0 saturated carbocycles. The van der Waals surface area contributed by atoms with E-state index in [4.69, 9.17) is 15.2 Å². The van der Waals surface area contributed by atoms with Gasteiger partial charge in [0.2, 0.25) is 0 Å². The van der Waals surface area contributed by atoms with Gasteiger partial charge in [-0.1, -0.05) is 95.8 Å². The minimum atomic E-state index is -0.192. The molecule has 0 aromatic rings. The second-order valence-electron chi connectivity index (χ2n) is 7.53. The summed E-state index contributed by atoms with van der Waals surface area (Å²) in [4.78, 5) is 0. The van der Waals surface area contributed by atoms with Crippen LogP contribution in [0.4, 0.5) is 0 Å². The number of hydrogen-bond donors (Lipinski definition) is 1. The average molecular weight is 366 g/mol. The molecule has 0 aromatic carbocycles. The van der Waals surface area contributed by atoms with Crippen LogP contribution in [0.15, 0.2) is 24.3 Å². The lowest BCUT2D eigenvalue weighted by molar-refractivity contribution is -0.0203. The van der Waals surface area contributed by atoms with Gasteiger partial charge in [-0.25, -0.2) is 0 Å². The molecule has 3 nitrogen and oxygen atoms in total. The van der Waals surface area contributed by atoms with Crippen LogP contribution < -0.4 is 5.73 Å². The van der Waals surface area contributed by atoms with Gasteiger partial charge in [-0.05, 0) is 31.9 Å². The maximum absolute atomic E-state index is 5.70. The van der Waals surface area contributed by atoms with Crippen molar-refractivity contribution in [2.75, 3.05) is 13.2 Å². The van der Waals surface area contributed by atoms with E-state index in [-0.39, 0.29) is 12.4 Å². The number of rotatable bonds is 17. The van der Waals surface area contributed by atoms with Gasteiger partial charge in [-0.3, -0.25) is 0 Å². The lowest BCUT2D eigenvalue weighted by Crippen LogP contribution is -2.16. The highest BCUT2D eigenvalue weighted by molar-refractivity contribution is 5.04. The molecule has 1 aliphatic heterocycles. The van der Waals surface area contributed by atoms with Crippen molar-refractivity contribution < 1.29 is 9.47 Å². The first kappa shape index (κ1) is 23.4. The highest BCUT2D eigenvalue weighted by Crippen LogP contribution is 2.15. The molecule has 1 rings (SSSR count). The Morgan fingerprint density at radius 1 is 0.846 bits per heavy atom. The predicted octanol–water partition coefficient (Wildman–Crippen LogP) is 6.28. The van der Waals surface area contributed by atoms with Gasteiger partial charge in [-0.15, -0.1) is 0 Å². The van der Waals surface area contributed by atoms with Crippen molar-refractivity contribution >= 4 is 0 Å². The number of allylic oxidation sites excluding steroid dienone is 3. The Bertz CT molecular complexity index is 354. The van der Waals surface area contributed by atoms with Crippen molar-refractivity contribution in [3.8, 4) is 0 Å². The summed E-state index contributed by atoms with van der Waals surface area (Å²) >= 11 is 0. The summed E-state index contributed by atoms with van der Waals surface area (Å²) in [7, 11) is 0. The van der Waals surface area contributed by atoms with Gasteiger partial charge in [0.25, 0.3) is 0 Å². The summed E-state index contributed by atoms with van der Waals surface area (Å²) in [6.07, 6.45) is 27.3. The summed E-state index contributed by atoms with van der Waals surface area (Å²) in [5, 5.41) is 0. The fourth-order valence-electron chi connectivity index (χ4n) is 3.34. The Balaban J connectivity index is 1.81. The molecule has 0 aliphatic carbocycles. The third kappa shape index (κ3) is 13.5. The van der Waals surface area contributed by atoms with Crippen LogP contribution in [-0.4, -0.2) is 25.5 Å². The largest absolute Gasteiger partial charge is 0.346 e. The molecular formula is C23H43NO2. The fraction of sp³-hybridized carbons (Fsp3) is 0.826. The van der Waals surface area contributed by atoms with E-state index in [1.54, 1.807) is 0 Å². The molecule has 1 saturated heterocycles. The van der Waals surface area contributed by atoms with E-state index in [1.165, 1.54) is 83.5 Å². The van der Waals surface area contributed by atoms with Crippen molar-refractivity contribution in [1.82, 2.24) is 0 Å². The van der Waals surface area contributed by atoms with Crippen molar-refractivity contribution in [3.05, 3.63) is 24.3 Å². The van der Waals surface area contributed by atoms with Crippen LogP contribution in [0.1, 0.15) is 96.8 Å². The summed E-state index contributed by atoms with van der Waals surface area (Å²) in [6, 6.07) is 0. The third-order valence-electron chi connectivity index (χ3n) is 5.00. The number of hydrogen-bond acceptors (Lipinski definition) is 3. The molecule has 1 aliphatic rings. The number of unbranched alkanes of at least 4 members (excludes halogenated alkanes) is 12. The highest BCUT2D eigenvalue weighted by Gasteiger charge is 2.22. The van der Waals surface area contributed by atoms with Crippen LogP contribution in [0.5, 0.6) is 0 Å². The Morgan fingerprint density at radius 2 is 1.46 bits per heavy atom. The normalized spacial score (nSPS) is 20.7. The van der Waals surface area contributed by atoms with Crippen LogP contribution in [0, 0.1) is 0 Å². The molecule has 0 spiro atoms. The zero-order valence-electron chi connectivity index (χ0n) is 17.2. The maximum atomic E-state index is 5.70. The average Bonchev–Trinajstić information content (AvgIpc) is 3.09. The van der Waals surface area contributed by atoms with Crippen LogP contribution in [0.2, 0.25) is 0 Å². The Morgan fingerprint density at radius 3 is 2.08 bits per heavy atom. The second kappa shape index (κ2) is 17.8. The van der Waals surface area contributed by atoms with E-state index >= 15 is 0 Å². The van der Waals surface area contributed by atoms with Crippen molar-refractivity contribution in [2.24, 2.45) is 5.73 Å². The molecule has 152 valence electrons. The molecule has 1 heterocycles. The highest BCUT2D eigenvalue weighted by atomic mass is 16.7. The van der Waals surface area contributed by atoms with Crippen LogP contribution in [0.3, 0.4) is 0 Å². The summed E-state index contributed by atoms with van der Waals surface area (Å²) < 4.78 is 11.2. The minimum Gasteiger partial charge on any atom is -0.346 e. The van der Waals surface area contributed by atoms with Crippen LogP contribution >= 0.6 is 0 Å². The van der Waals surface area contributed by atoms with Gasteiger partial charge >= 0.3 is 0 Å². The van der Waals surface area contributed by atoms with Gasteiger partial charge in [0.05, 0.1) is 12.7 Å². The topological polar surface area (TPSA) is 44.5 Å². The maximum Gasteiger partial charge on any atom is 0.177 e. The molecule has 26 heavy (non-hydrogen) atoms. The first-order valence-electron chi connectivity index (χ1n) is 11.2. The van der Waals surface area contributed by atoms with Gasteiger partial charge in [0, 0.05) is 0 Å².